The van der Waals surface area contributed by atoms with Crippen molar-refractivity contribution in [3.05, 3.63) is 66.2 Å². The normalized spacial score (nSPS) is 15.4. The number of likely N-dealkylation sites (tertiary alicyclic amines) is 1. The molecule has 1 fully saturated rings. The van der Waals surface area contributed by atoms with Crippen LogP contribution in [0.25, 0.3) is 16.6 Å². The molecule has 1 amide bonds. The number of aliphatic hydroxyl groups is 1. The number of rotatable bonds is 5. The molecule has 10 heteroatoms. The number of nitriles is 2. The van der Waals surface area contributed by atoms with E-state index in [0.29, 0.717) is 36.2 Å². The third-order valence-corrected chi connectivity index (χ3v) is 6.81. The molecule has 0 saturated carbocycles. The van der Waals surface area contributed by atoms with Crippen LogP contribution in [0.2, 0.25) is 0 Å². The van der Waals surface area contributed by atoms with Gasteiger partial charge in [-0.3, -0.25) is 9.48 Å². The van der Waals surface area contributed by atoms with E-state index in [2.05, 4.69) is 22.3 Å². The Kier molecular flexibility index (Phi) is 5.76. The van der Waals surface area contributed by atoms with Gasteiger partial charge in [0.1, 0.15) is 18.7 Å². The first-order valence-electron chi connectivity index (χ1n) is 10.6. The molecule has 1 atom stereocenters. The van der Waals surface area contributed by atoms with Crippen molar-refractivity contribution in [1.29, 1.82) is 10.5 Å². The highest BCUT2D eigenvalue weighted by Crippen LogP contribution is 2.37. The molecule has 0 spiro atoms. The van der Waals surface area contributed by atoms with E-state index >= 15 is 0 Å². The number of amides is 1. The largest absolute Gasteiger partial charge is 0.391 e. The zero-order valence-electron chi connectivity index (χ0n) is 18.0. The zero-order chi connectivity index (χ0) is 23.7. The average Bonchev–Trinajstić information content (AvgIpc) is 3.59. The van der Waals surface area contributed by atoms with E-state index in [0.717, 1.165) is 20.9 Å². The molecule has 1 aliphatic heterocycles. The molecule has 0 radical (unpaired) electrons. The number of benzene rings is 1. The third kappa shape index (κ3) is 4.13. The number of hydrogen-bond donors (Lipinski definition) is 1. The van der Waals surface area contributed by atoms with Crippen LogP contribution in [0.4, 0.5) is 0 Å². The van der Waals surface area contributed by atoms with Gasteiger partial charge in [0.15, 0.2) is 0 Å². The maximum atomic E-state index is 12.5. The second kappa shape index (κ2) is 9.02. The van der Waals surface area contributed by atoms with Crippen molar-refractivity contribution in [1.82, 2.24) is 24.3 Å². The van der Waals surface area contributed by atoms with Gasteiger partial charge in [0.25, 0.3) is 0 Å². The van der Waals surface area contributed by atoms with Gasteiger partial charge in [0.05, 0.1) is 35.1 Å². The number of aromatic nitrogens is 4. The van der Waals surface area contributed by atoms with Gasteiger partial charge in [0.2, 0.25) is 5.91 Å². The molecule has 1 N–H and O–H groups in total. The summed E-state index contributed by atoms with van der Waals surface area (Å²) in [5, 5.41) is 37.4. The predicted molar refractivity (Wildman–Crippen MR) is 124 cm³/mol. The molecule has 34 heavy (non-hydrogen) atoms. The van der Waals surface area contributed by atoms with Gasteiger partial charge in [-0.15, -0.1) is 0 Å². The van der Waals surface area contributed by atoms with Crippen molar-refractivity contribution in [3.63, 3.8) is 0 Å². The number of aliphatic hydroxyl groups excluding tert-OH is 1. The van der Waals surface area contributed by atoms with Crippen molar-refractivity contribution in [3.8, 4) is 23.3 Å². The molecule has 5 rings (SSSR count). The number of carbonyl (C=O) groups excluding carboxylic acids is 1. The first-order valence-corrected chi connectivity index (χ1v) is 11.4. The molecular weight excluding hydrogens is 450 g/mol. The SMILES string of the molecule is N#Cc1ccccc1Sc1cc(-c2cnn(CC(=O)N3CC[C@H](O)C3)c2)cn2ncc(C#N)c12. The lowest BCUT2D eigenvalue weighted by atomic mass is 10.1. The van der Waals surface area contributed by atoms with Crippen LogP contribution in [-0.4, -0.2) is 54.5 Å². The third-order valence-electron chi connectivity index (χ3n) is 5.70. The van der Waals surface area contributed by atoms with Crippen LogP contribution >= 0.6 is 11.8 Å². The van der Waals surface area contributed by atoms with Crippen LogP contribution in [0.1, 0.15) is 17.5 Å². The lowest BCUT2D eigenvalue weighted by molar-refractivity contribution is -0.131. The van der Waals surface area contributed by atoms with Crippen LogP contribution in [0.5, 0.6) is 0 Å². The number of nitrogens with zero attached hydrogens (tertiary/aromatic N) is 7. The predicted octanol–water partition coefficient (Wildman–Crippen LogP) is 2.69. The number of β-amino-alcohol motifs (C(OH)–C–C–N with tert-alkyl or cyclic N) is 1. The highest BCUT2D eigenvalue weighted by molar-refractivity contribution is 7.99. The minimum Gasteiger partial charge on any atom is -0.391 e. The standard InChI is InChI=1S/C24H19N7O2S/c25-8-16-3-1-2-4-21(16)34-22-7-17(13-31-24(22)18(9-26)10-28-31)19-11-27-30(12-19)15-23(33)29-6-5-20(32)14-29/h1-4,7,10-13,20,32H,5-6,14-15H2/t20-/m0/s1. The highest BCUT2D eigenvalue weighted by atomic mass is 32.2. The summed E-state index contributed by atoms with van der Waals surface area (Å²) < 4.78 is 3.23. The van der Waals surface area contributed by atoms with Crippen LogP contribution in [0.15, 0.2) is 64.9 Å². The van der Waals surface area contributed by atoms with E-state index in [9.17, 15) is 20.4 Å². The summed E-state index contributed by atoms with van der Waals surface area (Å²) in [6.45, 7) is 0.997. The van der Waals surface area contributed by atoms with Gasteiger partial charge < -0.3 is 10.0 Å². The molecule has 0 unspecified atom stereocenters. The van der Waals surface area contributed by atoms with E-state index in [1.165, 1.54) is 18.0 Å². The van der Waals surface area contributed by atoms with Gasteiger partial charge in [-0.25, -0.2) is 4.52 Å². The minimum absolute atomic E-state index is 0.0863. The molecule has 168 valence electrons. The van der Waals surface area contributed by atoms with Crippen LogP contribution in [0.3, 0.4) is 0 Å². The quantitative estimate of drug-likeness (QED) is 0.477. The molecule has 4 heterocycles. The number of pyridine rings is 1. The molecule has 4 aromatic rings. The van der Waals surface area contributed by atoms with Gasteiger partial charge >= 0.3 is 0 Å². The Morgan fingerprint density at radius 2 is 1.91 bits per heavy atom. The second-order valence-electron chi connectivity index (χ2n) is 7.98. The zero-order valence-corrected chi connectivity index (χ0v) is 18.8. The van der Waals surface area contributed by atoms with Gasteiger partial charge in [-0.2, -0.15) is 20.7 Å². The van der Waals surface area contributed by atoms with E-state index in [1.54, 1.807) is 32.6 Å². The van der Waals surface area contributed by atoms with Crippen molar-refractivity contribution < 1.29 is 9.90 Å². The summed E-state index contributed by atoms with van der Waals surface area (Å²) in [4.78, 5) is 15.7. The molecule has 0 bridgehead atoms. The fraction of sp³-hybridized carbons (Fsp3) is 0.208. The summed E-state index contributed by atoms with van der Waals surface area (Å²) >= 11 is 1.40. The maximum Gasteiger partial charge on any atom is 0.244 e. The Balaban J connectivity index is 1.48. The monoisotopic (exact) mass is 469 g/mol. The Morgan fingerprint density at radius 1 is 1.09 bits per heavy atom. The molecule has 9 nitrogen and oxygen atoms in total. The molecule has 1 aromatic carbocycles. The first kappa shape index (κ1) is 21.7. The summed E-state index contributed by atoms with van der Waals surface area (Å²) in [5.41, 5.74) is 3.26. The lowest BCUT2D eigenvalue weighted by Gasteiger charge is -2.15. The number of fused-ring (bicyclic) bond motifs is 1. The lowest BCUT2D eigenvalue weighted by Crippen LogP contribution is -2.32. The summed E-state index contributed by atoms with van der Waals surface area (Å²) in [5.74, 6) is -0.0863. The summed E-state index contributed by atoms with van der Waals surface area (Å²) in [6.07, 6.45) is 6.94. The molecule has 1 aliphatic rings. The highest BCUT2D eigenvalue weighted by Gasteiger charge is 2.24. The number of hydrogen-bond acceptors (Lipinski definition) is 7. The topological polar surface area (TPSA) is 123 Å². The smallest absolute Gasteiger partial charge is 0.244 e. The fourth-order valence-corrected chi connectivity index (χ4v) is 5.07. The summed E-state index contributed by atoms with van der Waals surface area (Å²) in [6, 6.07) is 13.6. The van der Waals surface area contributed by atoms with Crippen molar-refractivity contribution in [2.75, 3.05) is 13.1 Å². The fourth-order valence-electron chi connectivity index (χ4n) is 3.97. The van der Waals surface area contributed by atoms with Crippen LogP contribution < -0.4 is 0 Å². The molecule has 0 aliphatic carbocycles. The summed E-state index contributed by atoms with van der Waals surface area (Å²) in [7, 11) is 0. The molecule has 3 aromatic heterocycles. The second-order valence-corrected chi connectivity index (χ2v) is 9.06. The van der Waals surface area contributed by atoms with E-state index in [-0.39, 0.29) is 12.5 Å². The van der Waals surface area contributed by atoms with E-state index < -0.39 is 6.10 Å². The Hall–Kier alpha value is -4.12. The van der Waals surface area contributed by atoms with Crippen molar-refractivity contribution >= 4 is 23.2 Å². The molecule has 1 saturated heterocycles. The van der Waals surface area contributed by atoms with E-state index in [4.69, 9.17) is 0 Å². The van der Waals surface area contributed by atoms with Crippen LogP contribution in [0, 0.1) is 22.7 Å². The minimum atomic E-state index is -0.460. The Morgan fingerprint density at radius 3 is 2.68 bits per heavy atom. The van der Waals surface area contributed by atoms with Gasteiger partial charge in [0, 0.05) is 46.4 Å². The van der Waals surface area contributed by atoms with E-state index in [1.807, 2.05) is 30.5 Å². The average molecular weight is 470 g/mol. The van der Waals surface area contributed by atoms with Crippen molar-refractivity contribution in [2.24, 2.45) is 0 Å². The Labute approximate surface area is 199 Å². The first-order chi connectivity index (χ1) is 16.6. The Bertz CT molecular complexity index is 1480. The maximum absolute atomic E-state index is 12.5. The van der Waals surface area contributed by atoms with Gasteiger partial charge in [-0.1, -0.05) is 23.9 Å². The number of carbonyl (C=O) groups is 1. The molecular formula is C24H19N7O2S. The van der Waals surface area contributed by atoms with Crippen molar-refractivity contribution in [2.45, 2.75) is 28.9 Å². The van der Waals surface area contributed by atoms with Crippen LogP contribution in [-0.2, 0) is 11.3 Å². The van der Waals surface area contributed by atoms with Gasteiger partial charge in [-0.05, 0) is 24.6 Å².